The van der Waals surface area contributed by atoms with Gasteiger partial charge in [-0.15, -0.1) is 0 Å². The standard InChI is InChI=1S/C9H9NO5/c1-14-7-3-2-4-8(5-7)15-9(11)6-10(12)13/h2-5H,6H2,1H3. The summed E-state index contributed by atoms with van der Waals surface area (Å²) in [4.78, 5) is 20.2. The fraction of sp³-hybridized carbons (Fsp3) is 0.222. The fourth-order valence-corrected chi connectivity index (χ4v) is 0.934. The lowest BCUT2D eigenvalue weighted by Gasteiger charge is -2.03. The highest BCUT2D eigenvalue weighted by atomic mass is 16.6. The molecule has 0 saturated heterocycles. The molecule has 0 bridgehead atoms. The minimum Gasteiger partial charge on any atom is -0.497 e. The second-order valence-electron chi connectivity index (χ2n) is 2.64. The van der Waals surface area contributed by atoms with Crippen molar-refractivity contribution in [2.75, 3.05) is 13.7 Å². The molecule has 0 unspecified atom stereocenters. The Morgan fingerprint density at radius 3 is 2.73 bits per heavy atom. The van der Waals surface area contributed by atoms with E-state index in [1.54, 1.807) is 12.1 Å². The van der Waals surface area contributed by atoms with E-state index in [9.17, 15) is 14.9 Å². The monoisotopic (exact) mass is 211 g/mol. The van der Waals surface area contributed by atoms with Crippen molar-refractivity contribution in [3.63, 3.8) is 0 Å². The summed E-state index contributed by atoms with van der Waals surface area (Å²) < 4.78 is 9.60. The second kappa shape index (κ2) is 4.94. The van der Waals surface area contributed by atoms with Gasteiger partial charge in [0.1, 0.15) is 11.5 Å². The van der Waals surface area contributed by atoms with Crippen LogP contribution in [0, 0.1) is 10.1 Å². The average molecular weight is 211 g/mol. The largest absolute Gasteiger partial charge is 0.497 e. The van der Waals surface area contributed by atoms with Crippen LogP contribution in [-0.4, -0.2) is 24.5 Å². The number of methoxy groups -OCH3 is 1. The summed E-state index contributed by atoms with van der Waals surface area (Å²) in [6.07, 6.45) is 0. The van der Waals surface area contributed by atoms with Crippen molar-refractivity contribution < 1.29 is 19.2 Å². The van der Waals surface area contributed by atoms with Crippen LogP contribution in [0.4, 0.5) is 0 Å². The molecule has 0 heterocycles. The van der Waals surface area contributed by atoms with Gasteiger partial charge in [0.25, 0.3) is 6.54 Å². The second-order valence-corrected chi connectivity index (χ2v) is 2.64. The molecule has 15 heavy (non-hydrogen) atoms. The molecule has 0 N–H and O–H groups in total. The summed E-state index contributed by atoms with van der Waals surface area (Å²) in [6.45, 7) is -0.850. The van der Waals surface area contributed by atoms with Gasteiger partial charge in [0.05, 0.1) is 7.11 Å². The normalized spacial score (nSPS) is 9.40. The van der Waals surface area contributed by atoms with E-state index in [1.165, 1.54) is 19.2 Å². The molecular formula is C9H9NO5. The van der Waals surface area contributed by atoms with Crippen LogP contribution in [0.2, 0.25) is 0 Å². The van der Waals surface area contributed by atoms with E-state index in [0.717, 1.165) is 0 Å². The highest BCUT2D eigenvalue weighted by Crippen LogP contribution is 2.18. The van der Waals surface area contributed by atoms with Gasteiger partial charge in [-0.3, -0.25) is 10.1 Å². The first kappa shape index (κ1) is 11.0. The van der Waals surface area contributed by atoms with E-state index in [2.05, 4.69) is 0 Å². The van der Waals surface area contributed by atoms with Crippen LogP contribution in [0.25, 0.3) is 0 Å². The maximum atomic E-state index is 10.9. The van der Waals surface area contributed by atoms with Crippen molar-refractivity contribution in [2.45, 2.75) is 0 Å². The Bertz CT molecular complexity index is 377. The number of hydrogen-bond acceptors (Lipinski definition) is 5. The number of esters is 1. The third-order valence-electron chi connectivity index (χ3n) is 1.53. The third-order valence-corrected chi connectivity index (χ3v) is 1.53. The molecule has 6 nitrogen and oxygen atoms in total. The quantitative estimate of drug-likeness (QED) is 0.319. The molecule has 0 aliphatic heterocycles. The maximum Gasteiger partial charge on any atom is 0.383 e. The highest BCUT2D eigenvalue weighted by molar-refractivity contribution is 5.73. The van der Waals surface area contributed by atoms with E-state index >= 15 is 0 Å². The number of hydrogen-bond donors (Lipinski definition) is 0. The molecule has 1 rings (SSSR count). The minimum absolute atomic E-state index is 0.223. The van der Waals surface area contributed by atoms with Crippen LogP contribution in [0.15, 0.2) is 24.3 Å². The zero-order valence-corrected chi connectivity index (χ0v) is 8.00. The minimum atomic E-state index is -0.909. The average Bonchev–Trinajstić information content (AvgIpc) is 2.16. The number of rotatable bonds is 4. The summed E-state index contributed by atoms with van der Waals surface area (Å²) in [7, 11) is 1.47. The number of benzene rings is 1. The van der Waals surface area contributed by atoms with Gasteiger partial charge in [0.15, 0.2) is 0 Å². The first-order valence-corrected chi connectivity index (χ1v) is 4.08. The van der Waals surface area contributed by atoms with E-state index < -0.39 is 17.4 Å². The molecule has 0 spiro atoms. The summed E-state index contributed by atoms with van der Waals surface area (Å²) >= 11 is 0. The lowest BCUT2D eigenvalue weighted by atomic mass is 10.3. The predicted octanol–water partition coefficient (Wildman–Crippen LogP) is 0.877. The molecule has 0 saturated carbocycles. The molecule has 0 aromatic heterocycles. The lowest BCUT2D eigenvalue weighted by molar-refractivity contribution is -0.469. The van der Waals surface area contributed by atoms with Crippen LogP contribution in [0.5, 0.6) is 11.5 Å². The number of nitro groups is 1. The van der Waals surface area contributed by atoms with Crippen LogP contribution >= 0.6 is 0 Å². The van der Waals surface area contributed by atoms with Crippen LogP contribution < -0.4 is 9.47 Å². The summed E-state index contributed by atoms with van der Waals surface area (Å²) in [6, 6.07) is 6.27. The molecule has 0 radical (unpaired) electrons. The molecule has 1 aromatic carbocycles. The van der Waals surface area contributed by atoms with E-state index in [-0.39, 0.29) is 5.75 Å². The van der Waals surface area contributed by atoms with Crippen molar-refractivity contribution in [1.82, 2.24) is 0 Å². The number of carbonyl (C=O) groups is 1. The SMILES string of the molecule is COc1cccc(OC(=O)C[N+](=O)[O-])c1. The van der Waals surface area contributed by atoms with Gasteiger partial charge < -0.3 is 9.47 Å². The van der Waals surface area contributed by atoms with Gasteiger partial charge in [-0.25, -0.2) is 4.79 Å². The molecule has 0 aliphatic carbocycles. The molecule has 0 fully saturated rings. The smallest absolute Gasteiger partial charge is 0.383 e. The molecule has 1 aromatic rings. The Balaban J connectivity index is 2.63. The van der Waals surface area contributed by atoms with Crippen molar-refractivity contribution in [2.24, 2.45) is 0 Å². The molecular weight excluding hydrogens is 202 g/mol. The molecule has 80 valence electrons. The fourth-order valence-electron chi connectivity index (χ4n) is 0.934. The van der Waals surface area contributed by atoms with Gasteiger partial charge in [-0.2, -0.15) is 0 Å². The molecule has 6 heteroatoms. The van der Waals surface area contributed by atoms with Crippen LogP contribution in [-0.2, 0) is 4.79 Å². The topological polar surface area (TPSA) is 78.7 Å². The van der Waals surface area contributed by atoms with Gasteiger partial charge in [0, 0.05) is 11.0 Å². The highest BCUT2D eigenvalue weighted by Gasteiger charge is 2.12. The summed E-state index contributed by atoms with van der Waals surface area (Å²) in [5, 5.41) is 10.0. The van der Waals surface area contributed by atoms with Crippen LogP contribution in [0.3, 0.4) is 0 Å². The van der Waals surface area contributed by atoms with Crippen molar-refractivity contribution in [1.29, 1.82) is 0 Å². The molecule has 0 aliphatic rings. The van der Waals surface area contributed by atoms with Gasteiger partial charge in [-0.1, -0.05) is 6.07 Å². The van der Waals surface area contributed by atoms with Crippen molar-refractivity contribution in [3.05, 3.63) is 34.4 Å². The predicted molar refractivity (Wildman–Crippen MR) is 50.5 cm³/mol. The summed E-state index contributed by atoms with van der Waals surface area (Å²) in [5.41, 5.74) is 0. The maximum absolute atomic E-state index is 10.9. The Morgan fingerprint density at radius 1 is 1.47 bits per heavy atom. The summed E-state index contributed by atoms with van der Waals surface area (Å²) in [5.74, 6) is -0.171. The van der Waals surface area contributed by atoms with Gasteiger partial charge in [0.2, 0.25) is 0 Å². The number of nitrogens with zero attached hydrogens (tertiary/aromatic N) is 1. The first-order chi connectivity index (χ1) is 7.11. The van der Waals surface area contributed by atoms with E-state index in [4.69, 9.17) is 9.47 Å². The zero-order valence-electron chi connectivity index (χ0n) is 8.00. The van der Waals surface area contributed by atoms with E-state index in [1.807, 2.05) is 0 Å². The Labute approximate surface area is 85.6 Å². The zero-order chi connectivity index (χ0) is 11.3. The van der Waals surface area contributed by atoms with Crippen LogP contribution in [0.1, 0.15) is 0 Å². The molecule has 0 amide bonds. The van der Waals surface area contributed by atoms with Gasteiger partial charge in [-0.05, 0) is 12.1 Å². The Hall–Kier alpha value is -2.11. The van der Waals surface area contributed by atoms with Crippen molar-refractivity contribution >= 4 is 5.97 Å². The Morgan fingerprint density at radius 2 is 2.13 bits per heavy atom. The Kier molecular flexibility index (Phi) is 3.61. The lowest BCUT2D eigenvalue weighted by Crippen LogP contribution is -2.19. The first-order valence-electron chi connectivity index (χ1n) is 4.08. The van der Waals surface area contributed by atoms with Crippen molar-refractivity contribution in [3.8, 4) is 11.5 Å². The van der Waals surface area contributed by atoms with E-state index in [0.29, 0.717) is 5.75 Å². The molecule has 0 atom stereocenters. The number of carbonyl (C=O) groups excluding carboxylic acids is 1. The van der Waals surface area contributed by atoms with Gasteiger partial charge >= 0.3 is 5.97 Å². The number of ether oxygens (including phenoxy) is 2. The third kappa shape index (κ3) is 3.63.